The molecule has 1 N–H and O–H groups in total. The topological polar surface area (TPSA) is 53.9 Å². The van der Waals surface area contributed by atoms with E-state index in [1.165, 1.54) is 19.3 Å². The molecule has 1 aromatic carbocycles. The number of hydrogen-bond donors (Lipinski definition) is 1. The smallest absolute Gasteiger partial charge is 0.227 e. The molecule has 0 radical (unpaired) electrons. The van der Waals surface area contributed by atoms with Crippen LogP contribution in [0.25, 0.3) is 10.9 Å². The van der Waals surface area contributed by atoms with E-state index in [0.717, 1.165) is 47.1 Å². The van der Waals surface area contributed by atoms with Gasteiger partial charge in [0.1, 0.15) is 5.82 Å². The average molecular weight is 319 g/mol. The molecule has 0 spiro atoms. The van der Waals surface area contributed by atoms with Crippen LogP contribution in [-0.4, -0.2) is 28.0 Å². The molecule has 5 nitrogen and oxygen atoms in total. The van der Waals surface area contributed by atoms with Crippen molar-refractivity contribution in [3.63, 3.8) is 0 Å². The maximum absolute atomic E-state index is 4.74. The van der Waals surface area contributed by atoms with E-state index in [9.17, 15) is 0 Å². The predicted octanol–water partition coefficient (Wildman–Crippen LogP) is 4.07. The Hall–Kier alpha value is -2.69. The number of nitrogens with zero attached hydrogens (tertiary/aromatic N) is 4. The van der Waals surface area contributed by atoms with Gasteiger partial charge in [0.05, 0.1) is 11.2 Å². The standard InChI is InChI=1S/C19H21N5/c1-14-13-17(23-19(21-14)24-11-3-2-4-12-24)22-16-9-5-7-15-8-6-10-20-18(15)16/h5-10,13H,2-4,11-12H2,1H3,(H,21,22,23). The van der Waals surface area contributed by atoms with E-state index in [4.69, 9.17) is 4.98 Å². The Balaban J connectivity index is 1.67. The molecule has 5 heteroatoms. The molecule has 1 aliphatic heterocycles. The molecule has 24 heavy (non-hydrogen) atoms. The number of piperidine rings is 1. The highest BCUT2D eigenvalue weighted by molar-refractivity contribution is 5.91. The van der Waals surface area contributed by atoms with Crippen LogP contribution in [0.3, 0.4) is 0 Å². The largest absolute Gasteiger partial charge is 0.341 e. The predicted molar refractivity (Wildman–Crippen MR) is 97.9 cm³/mol. The molecule has 1 aliphatic rings. The first-order chi connectivity index (χ1) is 11.8. The van der Waals surface area contributed by atoms with Crippen molar-refractivity contribution in [1.82, 2.24) is 15.0 Å². The highest BCUT2D eigenvalue weighted by Crippen LogP contribution is 2.25. The third-order valence-corrected chi connectivity index (χ3v) is 4.38. The summed E-state index contributed by atoms with van der Waals surface area (Å²) < 4.78 is 0. The van der Waals surface area contributed by atoms with Crippen LogP contribution < -0.4 is 10.2 Å². The first kappa shape index (κ1) is 14.9. The molecule has 0 unspecified atom stereocenters. The summed E-state index contributed by atoms with van der Waals surface area (Å²) in [5, 5.41) is 4.54. The first-order valence-corrected chi connectivity index (χ1v) is 8.51. The van der Waals surface area contributed by atoms with E-state index in [0.29, 0.717) is 0 Å². The second kappa shape index (κ2) is 6.43. The van der Waals surface area contributed by atoms with E-state index in [1.54, 1.807) is 0 Å². The van der Waals surface area contributed by atoms with Crippen LogP contribution in [0.5, 0.6) is 0 Å². The molecule has 122 valence electrons. The van der Waals surface area contributed by atoms with Crippen LogP contribution in [0.1, 0.15) is 25.0 Å². The molecule has 3 heterocycles. The Kier molecular flexibility index (Phi) is 3.99. The van der Waals surface area contributed by atoms with Crippen molar-refractivity contribution in [1.29, 1.82) is 0 Å². The molecular formula is C19H21N5. The Morgan fingerprint density at radius 3 is 2.71 bits per heavy atom. The van der Waals surface area contributed by atoms with Gasteiger partial charge in [0.25, 0.3) is 0 Å². The Morgan fingerprint density at radius 1 is 1.00 bits per heavy atom. The molecule has 1 saturated heterocycles. The molecule has 4 rings (SSSR count). The molecule has 1 fully saturated rings. The summed E-state index contributed by atoms with van der Waals surface area (Å²) in [6.07, 6.45) is 5.55. The highest BCUT2D eigenvalue weighted by Gasteiger charge is 2.15. The van der Waals surface area contributed by atoms with E-state index in [-0.39, 0.29) is 0 Å². The number of benzene rings is 1. The lowest BCUT2D eigenvalue weighted by atomic mass is 10.1. The minimum atomic E-state index is 0.821. The van der Waals surface area contributed by atoms with Crippen LogP contribution >= 0.6 is 0 Å². The number of aryl methyl sites for hydroxylation is 1. The van der Waals surface area contributed by atoms with E-state index in [2.05, 4.69) is 32.3 Å². The van der Waals surface area contributed by atoms with Gasteiger partial charge < -0.3 is 10.2 Å². The highest BCUT2D eigenvalue weighted by atomic mass is 15.3. The number of para-hydroxylation sites is 1. The van der Waals surface area contributed by atoms with Gasteiger partial charge in [-0.3, -0.25) is 4.98 Å². The van der Waals surface area contributed by atoms with E-state index in [1.807, 2.05) is 37.4 Å². The molecule has 0 atom stereocenters. The fraction of sp³-hybridized carbons (Fsp3) is 0.316. The summed E-state index contributed by atoms with van der Waals surface area (Å²) >= 11 is 0. The Bertz CT molecular complexity index is 850. The zero-order chi connectivity index (χ0) is 16.4. The van der Waals surface area contributed by atoms with E-state index >= 15 is 0 Å². The van der Waals surface area contributed by atoms with Crippen LogP contribution in [0, 0.1) is 6.92 Å². The third-order valence-electron chi connectivity index (χ3n) is 4.38. The minimum Gasteiger partial charge on any atom is -0.341 e. The summed E-state index contributed by atoms with van der Waals surface area (Å²) in [4.78, 5) is 16.1. The number of nitrogens with one attached hydrogen (secondary N) is 1. The van der Waals surface area contributed by atoms with Crippen LogP contribution in [0.2, 0.25) is 0 Å². The van der Waals surface area contributed by atoms with Gasteiger partial charge in [0, 0.05) is 36.4 Å². The fourth-order valence-corrected chi connectivity index (χ4v) is 3.20. The SMILES string of the molecule is Cc1cc(Nc2cccc3cccnc23)nc(N2CCCCC2)n1. The van der Waals surface area contributed by atoms with Gasteiger partial charge >= 0.3 is 0 Å². The monoisotopic (exact) mass is 319 g/mol. The average Bonchev–Trinajstić information content (AvgIpc) is 2.62. The van der Waals surface area contributed by atoms with Crippen molar-refractivity contribution >= 4 is 28.4 Å². The zero-order valence-corrected chi connectivity index (χ0v) is 13.9. The summed E-state index contributed by atoms with van der Waals surface area (Å²) in [7, 11) is 0. The van der Waals surface area contributed by atoms with Crippen LogP contribution in [-0.2, 0) is 0 Å². The lowest BCUT2D eigenvalue weighted by molar-refractivity contribution is 0.568. The normalized spacial score (nSPS) is 14.8. The van der Waals surface area contributed by atoms with Gasteiger partial charge in [-0.15, -0.1) is 0 Å². The number of aromatic nitrogens is 3. The van der Waals surface area contributed by atoms with Crippen LogP contribution in [0.15, 0.2) is 42.6 Å². The summed E-state index contributed by atoms with van der Waals surface area (Å²) in [5.74, 6) is 1.65. The fourth-order valence-electron chi connectivity index (χ4n) is 3.20. The molecule has 2 aromatic heterocycles. The van der Waals surface area contributed by atoms with Gasteiger partial charge in [-0.2, -0.15) is 4.98 Å². The zero-order valence-electron chi connectivity index (χ0n) is 13.9. The van der Waals surface area contributed by atoms with Crippen LogP contribution in [0.4, 0.5) is 17.5 Å². The summed E-state index contributed by atoms with van der Waals surface area (Å²) in [6, 6.07) is 12.1. The van der Waals surface area contributed by atoms with Gasteiger partial charge in [0.2, 0.25) is 5.95 Å². The minimum absolute atomic E-state index is 0.821. The Morgan fingerprint density at radius 2 is 1.83 bits per heavy atom. The second-order valence-electron chi connectivity index (χ2n) is 6.25. The van der Waals surface area contributed by atoms with Crippen molar-refractivity contribution < 1.29 is 0 Å². The lowest BCUT2D eigenvalue weighted by Gasteiger charge is -2.27. The molecule has 0 saturated carbocycles. The molecular weight excluding hydrogens is 298 g/mol. The molecule has 0 aliphatic carbocycles. The second-order valence-corrected chi connectivity index (χ2v) is 6.25. The van der Waals surface area contributed by atoms with Gasteiger partial charge in [-0.25, -0.2) is 4.98 Å². The molecule has 3 aromatic rings. The molecule has 0 bridgehead atoms. The van der Waals surface area contributed by atoms with Crippen molar-refractivity contribution in [2.75, 3.05) is 23.3 Å². The number of pyridine rings is 1. The molecule has 0 amide bonds. The quantitative estimate of drug-likeness (QED) is 0.789. The maximum atomic E-state index is 4.74. The summed E-state index contributed by atoms with van der Waals surface area (Å²) in [5.41, 5.74) is 2.90. The van der Waals surface area contributed by atoms with Crippen molar-refractivity contribution in [2.24, 2.45) is 0 Å². The van der Waals surface area contributed by atoms with Gasteiger partial charge in [-0.1, -0.05) is 18.2 Å². The van der Waals surface area contributed by atoms with E-state index < -0.39 is 0 Å². The Labute approximate surface area is 141 Å². The maximum Gasteiger partial charge on any atom is 0.227 e. The number of fused-ring (bicyclic) bond motifs is 1. The van der Waals surface area contributed by atoms with Gasteiger partial charge in [0.15, 0.2) is 0 Å². The van der Waals surface area contributed by atoms with Crippen molar-refractivity contribution in [3.8, 4) is 0 Å². The number of rotatable bonds is 3. The van der Waals surface area contributed by atoms with Gasteiger partial charge in [-0.05, 0) is 38.3 Å². The lowest BCUT2D eigenvalue weighted by Crippen LogP contribution is -2.31. The number of hydrogen-bond acceptors (Lipinski definition) is 5. The van der Waals surface area contributed by atoms with Crippen molar-refractivity contribution in [3.05, 3.63) is 48.3 Å². The van der Waals surface area contributed by atoms with Crippen molar-refractivity contribution in [2.45, 2.75) is 26.2 Å². The third kappa shape index (κ3) is 3.02. The first-order valence-electron chi connectivity index (χ1n) is 8.51. The number of anilines is 3. The summed E-state index contributed by atoms with van der Waals surface area (Å²) in [6.45, 7) is 4.10.